The molecule has 1 aromatic rings. The van der Waals surface area contributed by atoms with Crippen molar-refractivity contribution in [3.05, 3.63) is 29.2 Å². The number of hydrogen-bond donors (Lipinski definition) is 0. The van der Waals surface area contributed by atoms with Gasteiger partial charge in [-0.2, -0.15) is 0 Å². The number of aromatic nitrogens is 1. The first-order chi connectivity index (χ1) is 10.7. The van der Waals surface area contributed by atoms with Crippen molar-refractivity contribution in [2.24, 2.45) is 0 Å². The van der Waals surface area contributed by atoms with Gasteiger partial charge in [0.1, 0.15) is 17.4 Å². The van der Waals surface area contributed by atoms with Crippen LogP contribution in [0.25, 0.3) is 0 Å². The molecule has 0 saturated carbocycles. The summed E-state index contributed by atoms with van der Waals surface area (Å²) in [6.45, 7) is 5.33. The molecule has 0 unspecified atom stereocenters. The first kappa shape index (κ1) is 17.0. The van der Waals surface area contributed by atoms with Crippen molar-refractivity contribution in [3.8, 4) is 5.88 Å². The molecule has 7 heteroatoms. The van der Waals surface area contributed by atoms with E-state index in [2.05, 4.69) is 4.98 Å². The van der Waals surface area contributed by atoms with Gasteiger partial charge in [-0.1, -0.05) is 0 Å². The zero-order valence-corrected chi connectivity index (χ0v) is 13.6. The summed E-state index contributed by atoms with van der Waals surface area (Å²) in [5, 5.41) is 0. The topological polar surface area (TPSA) is 68.7 Å². The number of methoxy groups -OCH3 is 1. The lowest BCUT2D eigenvalue weighted by atomic mass is 10.0. The number of hydrogen-bond acceptors (Lipinski definition) is 5. The molecule has 0 aliphatic carbocycles. The van der Waals surface area contributed by atoms with E-state index in [1.807, 2.05) is 5.94 Å². The second-order valence-electron chi connectivity index (χ2n) is 6.29. The molecule has 2 heterocycles. The van der Waals surface area contributed by atoms with Crippen LogP contribution in [0.3, 0.4) is 0 Å². The highest BCUT2D eigenvalue weighted by molar-refractivity contribution is 5.72. The van der Waals surface area contributed by atoms with E-state index in [4.69, 9.17) is 9.47 Å². The zero-order chi connectivity index (χ0) is 17.2. The van der Waals surface area contributed by atoms with Crippen LogP contribution in [0.4, 0.5) is 9.18 Å². The number of ether oxygens (including phenoxy) is 2. The number of nitrogens with zero attached hydrogens (tertiary/aromatic N) is 2. The van der Waals surface area contributed by atoms with Crippen molar-refractivity contribution >= 4 is 12.0 Å². The van der Waals surface area contributed by atoms with Crippen molar-refractivity contribution in [2.45, 2.75) is 38.8 Å². The molecule has 1 aromatic heterocycles. The molecule has 2 rings (SSSR count). The van der Waals surface area contributed by atoms with Crippen LogP contribution in [0.1, 0.15) is 38.8 Å². The molecule has 0 bridgehead atoms. The van der Waals surface area contributed by atoms with Crippen LogP contribution in [0.5, 0.6) is 5.88 Å². The summed E-state index contributed by atoms with van der Waals surface area (Å²) in [6, 6.07) is 0.668. The molecule has 1 aliphatic heterocycles. The van der Waals surface area contributed by atoms with Crippen LogP contribution in [-0.2, 0) is 9.53 Å². The SMILES string of the molecule is COc1ncc(F)cc1[C@H]1CC(=C=O)CN1C(=O)OC(C)(C)C. The fourth-order valence-corrected chi connectivity index (χ4v) is 2.44. The van der Waals surface area contributed by atoms with Gasteiger partial charge in [0.05, 0.1) is 25.9 Å². The molecule has 1 aliphatic rings. The predicted molar refractivity (Wildman–Crippen MR) is 80.3 cm³/mol. The van der Waals surface area contributed by atoms with Crippen LogP contribution in [-0.4, -0.2) is 41.2 Å². The van der Waals surface area contributed by atoms with Crippen LogP contribution in [0.15, 0.2) is 17.8 Å². The summed E-state index contributed by atoms with van der Waals surface area (Å²) in [5.74, 6) is 1.48. The van der Waals surface area contributed by atoms with E-state index in [9.17, 15) is 14.0 Å². The van der Waals surface area contributed by atoms with Crippen molar-refractivity contribution in [3.63, 3.8) is 0 Å². The Hall–Kier alpha value is -2.40. The lowest BCUT2D eigenvalue weighted by Gasteiger charge is -2.28. The Morgan fingerprint density at radius 3 is 2.74 bits per heavy atom. The Morgan fingerprint density at radius 2 is 2.17 bits per heavy atom. The van der Waals surface area contributed by atoms with Gasteiger partial charge in [0.2, 0.25) is 5.88 Å². The standard InChI is InChI=1S/C16H19FN2O4/c1-16(2,3)23-15(21)19-8-10(9-20)5-13(19)12-6-11(17)7-18-14(12)22-4/h6-7,13H,5,8H2,1-4H3/t13-/m1/s1. The van der Waals surface area contributed by atoms with Gasteiger partial charge in [0, 0.05) is 17.6 Å². The second-order valence-corrected chi connectivity index (χ2v) is 6.29. The van der Waals surface area contributed by atoms with Crippen molar-refractivity contribution in [1.29, 1.82) is 0 Å². The average Bonchev–Trinajstić information content (AvgIpc) is 2.89. The minimum Gasteiger partial charge on any atom is -0.481 e. The Labute approximate surface area is 133 Å². The predicted octanol–water partition coefficient (Wildman–Crippen LogP) is 2.67. The van der Waals surface area contributed by atoms with Crippen LogP contribution in [0, 0.1) is 5.82 Å². The summed E-state index contributed by atoms with van der Waals surface area (Å²) in [7, 11) is 1.41. The molecule has 1 atom stereocenters. The van der Waals surface area contributed by atoms with Gasteiger partial charge >= 0.3 is 6.09 Å². The van der Waals surface area contributed by atoms with Crippen LogP contribution in [0.2, 0.25) is 0 Å². The third-order valence-corrected chi connectivity index (χ3v) is 3.35. The zero-order valence-electron chi connectivity index (χ0n) is 13.6. The number of likely N-dealkylation sites (tertiary alicyclic amines) is 1. The summed E-state index contributed by atoms with van der Waals surface area (Å²) >= 11 is 0. The summed E-state index contributed by atoms with van der Waals surface area (Å²) < 4.78 is 24.1. The normalized spacial score (nSPS) is 17.9. The van der Waals surface area contributed by atoms with Crippen LogP contribution >= 0.6 is 0 Å². The molecule has 0 aromatic carbocycles. The Balaban J connectivity index is 2.40. The number of amides is 1. The van der Waals surface area contributed by atoms with Crippen molar-refractivity contribution in [2.75, 3.05) is 13.7 Å². The Kier molecular flexibility index (Phi) is 4.71. The van der Waals surface area contributed by atoms with Crippen molar-refractivity contribution < 1.29 is 23.5 Å². The minimum atomic E-state index is -0.681. The van der Waals surface area contributed by atoms with Gasteiger partial charge in [-0.25, -0.2) is 19.0 Å². The van der Waals surface area contributed by atoms with Gasteiger partial charge in [-0.05, 0) is 26.8 Å². The lowest BCUT2D eigenvalue weighted by molar-refractivity contribution is 0.0226. The van der Waals surface area contributed by atoms with E-state index < -0.39 is 23.6 Å². The molecule has 1 fully saturated rings. The van der Waals surface area contributed by atoms with E-state index in [1.54, 1.807) is 20.8 Å². The van der Waals surface area contributed by atoms with Gasteiger partial charge < -0.3 is 9.47 Å². The molecular formula is C16H19FN2O4. The maximum atomic E-state index is 13.6. The Morgan fingerprint density at radius 1 is 1.48 bits per heavy atom. The lowest BCUT2D eigenvalue weighted by Crippen LogP contribution is -2.36. The maximum Gasteiger partial charge on any atom is 0.411 e. The maximum absolute atomic E-state index is 13.6. The highest BCUT2D eigenvalue weighted by Gasteiger charge is 2.38. The van der Waals surface area contributed by atoms with Crippen molar-refractivity contribution in [1.82, 2.24) is 9.88 Å². The molecule has 0 spiro atoms. The fourth-order valence-electron chi connectivity index (χ4n) is 2.44. The first-order valence-electron chi connectivity index (χ1n) is 7.17. The summed E-state index contributed by atoms with van der Waals surface area (Å²) in [4.78, 5) is 28.6. The van der Waals surface area contributed by atoms with Gasteiger partial charge in [0.25, 0.3) is 0 Å². The smallest absolute Gasteiger partial charge is 0.411 e. The van der Waals surface area contributed by atoms with E-state index in [0.29, 0.717) is 11.1 Å². The monoisotopic (exact) mass is 322 g/mol. The van der Waals surface area contributed by atoms with Crippen LogP contribution < -0.4 is 4.74 Å². The van der Waals surface area contributed by atoms with E-state index in [1.165, 1.54) is 18.1 Å². The quantitative estimate of drug-likeness (QED) is 0.783. The number of rotatable bonds is 2. The van der Waals surface area contributed by atoms with E-state index >= 15 is 0 Å². The molecule has 0 radical (unpaired) electrons. The number of carbonyl (C=O) groups excluding carboxylic acids is 2. The largest absolute Gasteiger partial charge is 0.481 e. The third kappa shape index (κ3) is 3.87. The van der Waals surface area contributed by atoms with E-state index in [-0.39, 0.29) is 18.8 Å². The van der Waals surface area contributed by atoms with Gasteiger partial charge in [0.15, 0.2) is 0 Å². The fraction of sp³-hybridized carbons (Fsp3) is 0.500. The van der Waals surface area contributed by atoms with Gasteiger partial charge in [-0.3, -0.25) is 4.90 Å². The first-order valence-corrected chi connectivity index (χ1v) is 7.17. The molecule has 0 N–H and O–H groups in total. The molecule has 1 amide bonds. The minimum absolute atomic E-state index is 0.0861. The van der Waals surface area contributed by atoms with E-state index in [0.717, 1.165) is 6.20 Å². The summed E-state index contributed by atoms with van der Waals surface area (Å²) in [6.07, 6.45) is 0.689. The average molecular weight is 322 g/mol. The molecule has 6 nitrogen and oxygen atoms in total. The number of halogens is 1. The van der Waals surface area contributed by atoms with Gasteiger partial charge in [-0.15, -0.1) is 0 Å². The molecule has 1 saturated heterocycles. The highest BCUT2D eigenvalue weighted by atomic mass is 19.1. The second kappa shape index (κ2) is 6.38. The summed E-state index contributed by atoms with van der Waals surface area (Å²) in [5.41, 5.74) is 0.121. The Bertz CT molecular complexity index is 663. The number of carbonyl (C=O) groups is 1. The molecule has 23 heavy (non-hydrogen) atoms. The number of pyridine rings is 1. The molecule has 124 valence electrons. The highest BCUT2D eigenvalue weighted by Crippen LogP contribution is 2.38. The molecular weight excluding hydrogens is 303 g/mol. The third-order valence-electron chi connectivity index (χ3n) is 3.35.